The van der Waals surface area contributed by atoms with Crippen LogP contribution in [0.1, 0.15) is 24.2 Å². The predicted octanol–water partition coefficient (Wildman–Crippen LogP) is 1.05. The molecule has 1 aromatic heterocycles. The monoisotopic (exact) mass is 248 g/mol. The Bertz CT molecular complexity index is 468. The number of aromatic nitrogens is 2. The van der Waals surface area contributed by atoms with Crippen molar-refractivity contribution in [1.29, 1.82) is 5.26 Å². The minimum absolute atomic E-state index is 0.230. The molecule has 0 aliphatic rings. The molecule has 1 aromatic rings. The third kappa shape index (κ3) is 4.01. The topological polar surface area (TPSA) is 79.1 Å². The van der Waals surface area contributed by atoms with E-state index in [1.807, 2.05) is 24.9 Å². The van der Waals surface area contributed by atoms with Crippen LogP contribution < -0.4 is 4.90 Å². The predicted molar refractivity (Wildman–Crippen MR) is 66.0 cm³/mol. The first kappa shape index (κ1) is 13.9. The molecule has 1 heterocycles. The highest BCUT2D eigenvalue weighted by Gasteiger charge is 2.08. The molecule has 0 aromatic carbocycles. The molecule has 0 aliphatic carbocycles. The fourth-order valence-electron chi connectivity index (χ4n) is 1.44. The number of ether oxygens (including phenoxy) is 1. The summed E-state index contributed by atoms with van der Waals surface area (Å²) >= 11 is 0. The van der Waals surface area contributed by atoms with Crippen LogP contribution in [-0.4, -0.2) is 36.6 Å². The van der Waals surface area contributed by atoms with E-state index in [-0.39, 0.29) is 5.97 Å². The van der Waals surface area contributed by atoms with Gasteiger partial charge in [0.2, 0.25) is 5.95 Å². The Morgan fingerprint density at radius 1 is 1.56 bits per heavy atom. The number of rotatable bonds is 5. The van der Waals surface area contributed by atoms with Crippen LogP contribution in [0.5, 0.6) is 0 Å². The van der Waals surface area contributed by atoms with Gasteiger partial charge < -0.3 is 9.64 Å². The zero-order chi connectivity index (χ0) is 13.5. The second-order valence-corrected chi connectivity index (χ2v) is 3.91. The van der Waals surface area contributed by atoms with Gasteiger partial charge in [-0.3, -0.25) is 4.79 Å². The van der Waals surface area contributed by atoms with Crippen LogP contribution in [0, 0.1) is 18.3 Å². The molecule has 0 atom stereocenters. The second-order valence-electron chi connectivity index (χ2n) is 3.91. The molecular formula is C12H16N4O2. The van der Waals surface area contributed by atoms with E-state index in [0.717, 1.165) is 5.69 Å². The van der Waals surface area contributed by atoms with Crippen LogP contribution in [0.15, 0.2) is 6.07 Å². The van der Waals surface area contributed by atoms with Crippen molar-refractivity contribution in [3.63, 3.8) is 0 Å². The fraction of sp³-hybridized carbons (Fsp3) is 0.500. The van der Waals surface area contributed by atoms with Crippen molar-refractivity contribution in [1.82, 2.24) is 9.97 Å². The van der Waals surface area contributed by atoms with Crippen molar-refractivity contribution in [3.05, 3.63) is 17.5 Å². The first-order valence-corrected chi connectivity index (χ1v) is 5.60. The highest BCUT2D eigenvalue weighted by molar-refractivity contribution is 5.69. The molecule has 6 heteroatoms. The Morgan fingerprint density at radius 3 is 2.89 bits per heavy atom. The van der Waals surface area contributed by atoms with Gasteiger partial charge in [0.25, 0.3) is 0 Å². The lowest BCUT2D eigenvalue weighted by atomic mass is 10.3. The van der Waals surface area contributed by atoms with Gasteiger partial charge in [0.1, 0.15) is 11.8 Å². The molecule has 0 amide bonds. The van der Waals surface area contributed by atoms with Crippen LogP contribution in [0.2, 0.25) is 0 Å². The Labute approximate surface area is 106 Å². The lowest BCUT2D eigenvalue weighted by Crippen LogP contribution is -2.22. The maximum Gasteiger partial charge on any atom is 0.305 e. The van der Waals surface area contributed by atoms with Crippen LogP contribution in [0.4, 0.5) is 5.95 Å². The second kappa shape index (κ2) is 6.55. The summed E-state index contributed by atoms with van der Waals surface area (Å²) in [6.07, 6.45) is 1.01. The molecule has 0 fully saturated rings. The Balaban J connectivity index is 2.61. The SMILES string of the molecule is COC(=O)CCCN(C)c1nc(C)cc(C#N)n1. The lowest BCUT2D eigenvalue weighted by Gasteiger charge is -2.16. The van der Waals surface area contributed by atoms with Gasteiger partial charge in [-0.05, 0) is 19.4 Å². The van der Waals surface area contributed by atoms with E-state index in [9.17, 15) is 4.79 Å². The maximum absolute atomic E-state index is 11.0. The summed E-state index contributed by atoms with van der Waals surface area (Å²) in [7, 11) is 3.20. The zero-order valence-corrected chi connectivity index (χ0v) is 10.8. The van der Waals surface area contributed by atoms with Crippen molar-refractivity contribution >= 4 is 11.9 Å². The van der Waals surface area contributed by atoms with Crippen molar-refractivity contribution in [3.8, 4) is 6.07 Å². The van der Waals surface area contributed by atoms with Gasteiger partial charge in [0, 0.05) is 25.7 Å². The van der Waals surface area contributed by atoms with E-state index in [0.29, 0.717) is 31.0 Å². The molecule has 0 bridgehead atoms. The zero-order valence-electron chi connectivity index (χ0n) is 10.8. The number of anilines is 1. The average molecular weight is 248 g/mol. The number of nitriles is 1. The van der Waals surface area contributed by atoms with Crippen LogP contribution in [0.25, 0.3) is 0 Å². The summed E-state index contributed by atoms with van der Waals surface area (Å²) in [6, 6.07) is 3.63. The van der Waals surface area contributed by atoms with E-state index < -0.39 is 0 Å². The summed E-state index contributed by atoms with van der Waals surface area (Å²) in [5.41, 5.74) is 1.09. The smallest absolute Gasteiger partial charge is 0.305 e. The molecule has 0 radical (unpaired) electrons. The highest BCUT2D eigenvalue weighted by atomic mass is 16.5. The molecule has 0 spiro atoms. The fourth-order valence-corrected chi connectivity index (χ4v) is 1.44. The molecule has 0 N–H and O–H groups in total. The number of hydrogen-bond acceptors (Lipinski definition) is 6. The number of nitrogens with zero attached hydrogens (tertiary/aromatic N) is 4. The van der Waals surface area contributed by atoms with E-state index >= 15 is 0 Å². The van der Waals surface area contributed by atoms with E-state index in [1.54, 1.807) is 6.07 Å². The average Bonchev–Trinajstić information content (AvgIpc) is 2.37. The summed E-state index contributed by atoms with van der Waals surface area (Å²) in [5, 5.41) is 8.83. The molecule has 18 heavy (non-hydrogen) atoms. The van der Waals surface area contributed by atoms with E-state index in [1.165, 1.54) is 7.11 Å². The summed E-state index contributed by atoms with van der Waals surface area (Å²) in [6.45, 7) is 2.44. The molecule has 96 valence electrons. The van der Waals surface area contributed by atoms with Crippen LogP contribution >= 0.6 is 0 Å². The number of hydrogen-bond donors (Lipinski definition) is 0. The van der Waals surface area contributed by atoms with Crippen molar-refractivity contribution in [2.75, 3.05) is 25.6 Å². The quantitative estimate of drug-likeness (QED) is 0.724. The molecule has 0 unspecified atom stereocenters. The molecular weight excluding hydrogens is 232 g/mol. The molecule has 0 saturated heterocycles. The van der Waals surface area contributed by atoms with Crippen LogP contribution in [-0.2, 0) is 9.53 Å². The van der Waals surface area contributed by atoms with Gasteiger partial charge in [-0.1, -0.05) is 0 Å². The molecule has 0 aliphatic heterocycles. The van der Waals surface area contributed by atoms with E-state index in [2.05, 4.69) is 14.7 Å². The van der Waals surface area contributed by atoms with Gasteiger partial charge in [-0.25, -0.2) is 9.97 Å². The largest absolute Gasteiger partial charge is 0.469 e. The normalized spacial score (nSPS) is 9.67. The van der Waals surface area contributed by atoms with Gasteiger partial charge in [-0.15, -0.1) is 0 Å². The highest BCUT2D eigenvalue weighted by Crippen LogP contribution is 2.09. The minimum Gasteiger partial charge on any atom is -0.469 e. The standard InChI is InChI=1S/C12H16N4O2/c1-9-7-10(8-13)15-12(14-9)16(2)6-4-5-11(17)18-3/h7H,4-6H2,1-3H3. The minimum atomic E-state index is -0.230. The number of esters is 1. The maximum atomic E-state index is 11.0. The molecule has 6 nitrogen and oxygen atoms in total. The lowest BCUT2D eigenvalue weighted by molar-refractivity contribution is -0.140. The van der Waals surface area contributed by atoms with Crippen LogP contribution in [0.3, 0.4) is 0 Å². The van der Waals surface area contributed by atoms with Gasteiger partial charge >= 0.3 is 5.97 Å². The molecule has 1 rings (SSSR count). The summed E-state index contributed by atoms with van der Waals surface area (Å²) in [4.78, 5) is 21.1. The number of carbonyl (C=O) groups excluding carboxylic acids is 1. The Kier molecular flexibility index (Phi) is 5.06. The third-order valence-electron chi connectivity index (χ3n) is 2.40. The van der Waals surface area contributed by atoms with Crippen molar-refractivity contribution in [2.24, 2.45) is 0 Å². The summed E-state index contributed by atoms with van der Waals surface area (Å²) in [5.74, 6) is 0.266. The van der Waals surface area contributed by atoms with E-state index in [4.69, 9.17) is 5.26 Å². The first-order chi connectivity index (χ1) is 8.56. The Hall–Kier alpha value is -2.16. The third-order valence-corrected chi connectivity index (χ3v) is 2.40. The molecule has 0 saturated carbocycles. The first-order valence-electron chi connectivity index (χ1n) is 5.60. The number of aryl methyl sites for hydroxylation is 1. The van der Waals surface area contributed by atoms with Crippen molar-refractivity contribution in [2.45, 2.75) is 19.8 Å². The number of methoxy groups -OCH3 is 1. The summed E-state index contributed by atoms with van der Waals surface area (Å²) < 4.78 is 4.56. The van der Waals surface area contributed by atoms with Crippen molar-refractivity contribution < 1.29 is 9.53 Å². The Morgan fingerprint density at radius 2 is 2.28 bits per heavy atom. The van der Waals surface area contributed by atoms with Gasteiger partial charge in [-0.2, -0.15) is 5.26 Å². The van der Waals surface area contributed by atoms with Gasteiger partial charge in [0.15, 0.2) is 0 Å². The number of carbonyl (C=O) groups is 1. The van der Waals surface area contributed by atoms with Gasteiger partial charge in [0.05, 0.1) is 7.11 Å².